The molecule has 1 aromatic heterocycles. The Balaban J connectivity index is 1.75. The number of anilines is 1. The molecule has 0 aliphatic heterocycles. The number of aryl methyl sites for hydroxylation is 2. The van der Waals surface area contributed by atoms with Crippen LogP contribution in [0.5, 0.6) is 0 Å². The molecule has 4 rings (SSSR count). The number of nitrogens with zero attached hydrogens (tertiary/aromatic N) is 1. The summed E-state index contributed by atoms with van der Waals surface area (Å²) in [6, 6.07) is 6.60. The van der Waals surface area contributed by atoms with Gasteiger partial charge in [0, 0.05) is 17.2 Å². The second-order valence-corrected chi connectivity index (χ2v) is 6.83. The van der Waals surface area contributed by atoms with E-state index in [1.165, 1.54) is 48.1 Å². The predicted octanol–water partition coefficient (Wildman–Crippen LogP) is 4.18. The monoisotopic (exact) mass is 281 g/mol. The van der Waals surface area contributed by atoms with Crippen molar-refractivity contribution in [1.29, 1.82) is 0 Å². The van der Waals surface area contributed by atoms with Gasteiger partial charge in [0.1, 0.15) is 0 Å². The van der Waals surface area contributed by atoms with Crippen LogP contribution in [0.25, 0.3) is 11.1 Å². The summed E-state index contributed by atoms with van der Waals surface area (Å²) < 4.78 is 0. The highest BCUT2D eigenvalue weighted by Crippen LogP contribution is 2.62. The van der Waals surface area contributed by atoms with Crippen molar-refractivity contribution in [2.75, 3.05) is 5.73 Å². The topological polar surface area (TPSA) is 54.7 Å². The van der Waals surface area contributed by atoms with Crippen LogP contribution in [0.15, 0.2) is 18.2 Å². The zero-order valence-electron chi connectivity index (χ0n) is 12.8. The number of nitrogens with one attached hydrogen (secondary N) is 1. The number of aromatic nitrogens is 2. The molecule has 2 fully saturated rings. The van der Waals surface area contributed by atoms with E-state index in [0.29, 0.717) is 11.7 Å². The number of H-pyrrole nitrogens is 1. The Labute approximate surface area is 125 Å². The zero-order chi connectivity index (χ0) is 14.6. The van der Waals surface area contributed by atoms with Crippen LogP contribution in [0.4, 0.5) is 5.82 Å². The molecular weight excluding hydrogens is 258 g/mol. The lowest BCUT2D eigenvalue weighted by Gasteiger charge is -2.07. The Kier molecular flexibility index (Phi) is 2.84. The lowest BCUT2D eigenvalue weighted by Crippen LogP contribution is -1.92. The third-order valence-electron chi connectivity index (χ3n) is 5.61. The highest BCUT2D eigenvalue weighted by Gasteiger charge is 2.53. The number of benzene rings is 1. The first-order valence-corrected chi connectivity index (χ1v) is 8.08. The molecule has 2 aliphatic carbocycles. The lowest BCUT2D eigenvalue weighted by atomic mass is 9.98. The van der Waals surface area contributed by atoms with E-state index in [4.69, 9.17) is 5.73 Å². The predicted molar refractivity (Wildman–Crippen MR) is 86.1 cm³/mol. The molecule has 0 bridgehead atoms. The molecule has 1 aromatic carbocycles. The molecule has 2 saturated carbocycles. The Hall–Kier alpha value is -1.77. The normalized spacial score (nSPS) is 27.4. The van der Waals surface area contributed by atoms with Crippen LogP contribution < -0.4 is 5.73 Å². The quantitative estimate of drug-likeness (QED) is 0.867. The minimum Gasteiger partial charge on any atom is -0.382 e. The molecule has 2 aliphatic rings. The fourth-order valence-electron chi connectivity index (χ4n) is 4.23. The Morgan fingerprint density at radius 2 is 1.81 bits per heavy atom. The van der Waals surface area contributed by atoms with Gasteiger partial charge in [0.05, 0.1) is 0 Å². The molecule has 1 heterocycles. The van der Waals surface area contributed by atoms with Crippen molar-refractivity contribution in [1.82, 2.24) is 10.2 Å². The minimum atomic E-state index is 0.650. The van der Waals surface area contributed by atoms with Crippen LogP contribution in [0.2, 0.25) is 0 Å². The van der Waals surface area contributed by atoms with Gasteiger partial charge in [0.25, 0.3) is 0 Å². The van der Waals surface area contributed by atoms with E-state index in [1.807, 2.05) is 0 Å². The van der Waals surface area contributed by atoms with Crippen molar-refractivity contribution in [3.63, 3.8) is 0 Å². The van der Waals surface area contributed by atoms with Gasteiger partial charge in [-0.2, -0.15) is 5.10 Å². The second kappa shape index (κ2) is 4.62. The molecule has 3 N–H and O–H groups in total. The van der Waals surface area contributed by atoms with E-state index in [1.54, 1.807) is 0 Å². The third-order valence-corrected chi connectivity index (χ3v) is 5.61. The molecule has 21 heavy (non-hydrogen) atoms. The molecule has 3 heteroatoms. The summed E-state index contributed by atoms with van der Waals surface area (Å²) in [6.45, 7) is 4.31. The smallest absolute Gasteiger partial charge is 0.153 e. The summed E-state index contributed by atoms with van der Waals surface area (Å²) in [5.41, 5.74) is 12.5. The summed E-state index contributed by atoms with van der Waals surface area (Å²) in [7, 11) is 0. The van der Waals surface area contributed by atoms with Gasteiger partial charge in [-0.25, -0.2) is 0 Å². The fraction of sp³-hybridized carbons (Fsp3) is 0.500. The molecule has 0 amide bonds. The second-order valence-electron chi connectivity index (χ2n) is 6.83. The number of hydrogen-bond donors (Lipinski definition) is 2. The largest absolute Gasteiger partial charge is 0.382 e. The van der Waals surface area contributed by atoms with E-state index >= 15 is 0 Å². The maximum absolute atomic E-state index is 6.17. The fourth-order valence-corrected chi connectivity index (χ4v) is 4.23. The Morgan fingerprint density at radius 3 is 2.48 bits per heavy atom. The average Bonchev–Trinajstić information content (AvgIpc) is 3.09. The van der Waals surface area contributed by atoms with Crippen molar-refractivity contribution in [2.45, 2.75) is 45.4 Å². The van der Waals surface area contributed by atoms with Gasteiger partial charge in [0.2, 0.25) is 0 Å². The standard InChI is InChI=1S/C18H23N3/c1-10-7-8-12(9-11(10)2)15-17(20-21-18(15)19)16-13-5-3-4-6-14(13)16/h7-9,13-14,16H,3-6H2,1-2H3,(H3,19,20,21). The van der Waals surface area contributed by atoms with Crippen LogP contribution in [-0.4, -0.2) is 10.2 Å². The number of hydrogen-bond acceptors (Lipinski definition) is 2. The average molecular weight is 281 g/mol. The van der Waals surface area contributed by atoms with Gasteiger partial charge in [0.15, 0.2) is 5.82 Å². The molecule has 110 valence electrons. The maximum Gasteiger partial charge on any atom is 0.153 e. The SMILES string of the molecule is Cc1ccc(-c2c(N)n[nH]c2C2C3CCCCC32)cc1C. The maximum atomic E-state index is 6.17. The van der Waals surface area contributed by atoms with Gasteiger partial charge in [-0.1, -0.05) is 31.0 Å². The van der Waals surface area contributed by atoms with Gasteiger partial charge < -0.3 is 5.73 Å². The highest BCUT2D eigenvalue weighted by atomic mass is 15.2. The summed E-state index contributed by atoms with van der Waals surface area (Å²) in [5.74, 6) is 3.04. The summed E-state index contributed by atoms with van der Waals surface area (Å²) in [6.07, 6.45) is 5.53. The molecule has 2 aromatic rings. The molecule has 3 nitrogen and oxygen atoms in total. The van der Waals surface area contributed by atoms with Crippen LogP contribution >= 0.6 is 0 Å². The molecule has 2 atom stereocenters. The number of rotatable bonds is 2. The van der Waals surface area contributed by atoms with Crippen molar-refractivity contribution in [2.24, 2.45) is 11.8 Å². The zero-order valence-corrected chi connectivity index (χ0v) is 12.8. The first kappa shape index (κ1) is 12.9. The molecular formula is C18H23N3. The van der Waals surface area contributed by atoms with Crippen LogP contribution in [-0.2, 0) is 0 Å². The van der Waals surface area contributed by atoms with Crippen LogP contribution in [0, 0.1) is 25.7 Å². The molecule has 2 unspecified atom stereocenters. The number of fused-ring (bicyclic) bond motifs is 1. The van der Waals surface area contributed by atoms with E-state index in [9.17, 15) is 0 Å². The third kappa shape index (κ3) is 1.98. The highest BCUT2D eigenvalue weighted by molar-refractivity contribution is 5.78. The Bertz CT molecular complexity index is 674. The molecule has 0 spiro atoms. The number of aromatic amines is 1. The van der Waals surface area contributed by atoms with Crippen LogP contribution in [0.1, 0.15) is 48.4 Å². The van der Waals surface area contributed by atoms with Crippen LogP contribution in [0.3, 0.4) is 0 Å². The summed E-state index contributed by atoms with van der Waals surface area (Å²) in [4.78, 5) is 0. The van der Waals surface area contributed by atoms with Crippen molar-refractivity contribution >= 4 is 5.82 Å². The number of nitrogen functional groups attached to an aromatic ring is 1. The first-order chi connectivity index (χ1) is 10.2. The van der Waals surface area contributed by atoms with Crippen molar-refractivity contribution < 1.29 is 0 Å². The van der Waals surface area contributed by atoms with Gasteiger partial charge in [-0.3, -0.25) is 5.10 Å². The molecule has 0 saturated heterocycles. The van der Waals surface area contributed by atoms with E-state index < -0.39 is 0 Å². The molecule has 0 radical (unpaired) electrons. The summed E-state index contributed by atoms with van der Waals surface area (Å²) >= 11 is 0. The van der Waals surface area contributed by atoms with Crippen molar-refractivity contribution in [3.8, 4) is 11.1 Å². The first-order valence-electron chi connectivity index (χ1n) is 8.08. The number of nitrogens with two attached hydrogens (primary N) is 1. The lowest BCUT2D eigenvalue weighted by molar-refractivity contribution is 0.480. The van der Waals surface area contributed by atoms with Gasteiger partial charge in [-0.15, -0.1) is 0 Å². The minimum absolute atomic E-state index is 0.650. The summed E-state index contributed by atoms with van der Waals surface area (Å²) in [5, 5.41) is 7.57. The van der Waals surface area contributed by atoms with E-state index in [2.05, 4.69) is 42.2 Å². The van der Waals surface area contributed by atoms with Crippen molar-refractivity contribution in [3.05, 3.63) is 35.0 Å². The van der Waals surface area contributed by atoms with E-state index in [-0.39, 0.29) is 0 Å². The van der Waals surface area contributed by atoms with E-state index in [0.717, 1.165) is 17.4 Å². The van der Waals surface area contributed by atoms with Gasteiger partial charge >= 0.3 is 0 Å². The van der Waals surface area contributed by atoms with Gasteiger partial charge in [-0.05, 0) is 55.2 Å². The Morgan fingerprint density at radius 1 is 1.10 bits per heavy atom.